The minimum atomic E-state index is -4.72. The molecule has 5 heterocycles. The van der Waals surface area contributed by atoms with E-state index in [4.69, 9.17) is 9.84 Å². The number of aromatic nitrogens is 5. The molecule has 3 N–H and O–H groups in total. The Hall–Kier alpha value is -4.66. The average molecular weight is 630 g/mol. The zero-order valence-electron chi connectivity index (χ0n) is 24.4. The van der Waals surface area contributed by atoms with Crippen molar-refractivity contribution in [1.29, 1.82) is 0 Å². The number of fused-ring (bicyclic) bond motifs is 1. The van der Waals surface area contributed by atoms with Gasteiger partial charge in [0.15, 0.2) is 17.3 Å². The monoisotopic (exact) mass is 629 g/mol. The molecule has 0 aliphatic carbocycles. The van der Waals surface area contributed by atoms with Crippen LogP contribution in [-0.4, -0.2) is 66.4 Å². The third kappa shape index (κ3) is 6.03. The molecule has 1 saturated heterocycles. The predicted octanol–water partition coefficient (Wildman–Crippen LogP) is 4.42. The second kappa shape index (κ2) is 11.7. The highest BCUT2D eigenvalue weighted by atomic mass is 19.4. The lowest BCUT2D eigenvalue weighted by Crippen LogP contribution is -2.59. The summed E-state index contributed by atoms with van der Waals surface area (Å²) < 4.78 is 66.2. The topological polar surface area (TPSA) is 131 Å². The molecule has 6 rings (SSSR count). The van der Waals surface area contributed by atoms with Gasteiger partial charge >= 0.3 is 12.3 Å². The van der Waals surface area contributed by atoms with Crippen LogP contribution in [0.4, 0.5) is 28.2 Å². The highest BCUT2D eigenvalue weighted by Crippen LogP contribution is 2.47. The summed E-state index contributed by atoms with van der Waals surface area (Å²) in [4.78, 5) is 21.2. The molecule has 0 radical (unpaired) electrons. The fourth-order valence-corrected chi connectivity index (χ4v) is 5.84. The van der Waals surface area contributed by atoms with E-state index in [9.17, 15) is 27.5 Å². The van der Waals surface area contributed by atoms with Crippen molar-refractivity contribution in [3.63, 3.8) is 0 Å². The molecule has 0 spiro atoms. The van der Waals surface area contributed by atoms with Crippen LogP contribution in [0.15, 0.2) is 42.9 Å². The number of nitrogens with one attached hydrogen (secondary N) is 1. The van der Waals surface area contributed by atoms with E-state index in [1.54, 1.807) is 36.4 Å². The van der Waals surface area contributed by atoms with E-state index in [0.29, 0.717) is 29.2 Å². The molecule has 15 heteroatoms. The van der Waals surface area contributed by atoms with Crippen molar-refractivity contribution in [3.05, 3.63) is 77.0 Å². The molecule has 11 nitrogen and oxygen atoms in total. The fraction of sp³-hybridized carbons (Fsp3) is 0.400. The van der Waals surface area contributed by atoms with Gasteiger partial charge < -0.3 is 29.7 Å². The third-order valence-corrected chi connectivity index (χ3v) is 8.17. The molecule has 1 amide bonds. The lowest BCUT2D eigenvalue weighted by Gasteiger charge is -2.40. The number of aryl methyl sites for hydroxylation is 2. The van der Waals surface area contributed by atoms with Gasteiger partial charge in [0.1, 0.15) is 11.6 Å². The Bertz CT molecular complexity index is 1730. The number of amides is 1. The second-order valence-electron chi connectivity index (χ2n) is 11.3. The normalized spacial score (nSPS) is 18.3. The Balaban J connectivity index is 1.33. The number of aliphatic hydroxyl groups excluding tert-OH is 1. The number of aliphatic hydroxyl groups is 1. The molecule has 2 aliphatic heterocycles. The highest BCUT2D eigenvalue weighted by Gasteiger charge is 2.40. The standard InChI is InChI=1S/C30H31F4N7O4/c1-3-41-14-23(27(38-41)30(32,33)34)21-8-17(11-39-7-6-35-16(39)2)9-22-25(42)18(15-45-26(21)22)10-19-4-5-24(31)28(36-19)40-12-20(13-40)37-29(43)44/h4-9,14,18,20,25,37,42H,3,10-13,15H2,1-2H3,(H,43,44)/t18-,25-/m1/s1. The van der Waals surface area contributed by atoms with E-state index in [0.717, 1.165) is 0 Å². The molecular weight excluding hydrogens is 598 g/mol. The largest absolute Gasteiger partial charge is 0.492 e. The van der Waals surface area contributed by atoms with Gasteiger partial charge in [0, 0.05) is 73.1 Å². The van der Waals surface area contributed by atoms with Crippen molar-refractivity contribution < 1.29 is 37.3 Å². The van der Waals surface area contributed by atoms with Gasteiger partial charge in [0.05, 0.1) is 18.8 Å². The first-order valence-electron chi connectivity index (χ1n) is 14.4. The number of anilines is 1. The number of ether oxygens (including phenoxy) is 1. The molecular formula is C30H31F4N7O4. The summed E-state index contributed by atoms with van der Waals surface area (Å²) in [6.07, 6.45) is -2.09. The minimum absolute atomic E-state index is 0.0207. The van der Waals surface area contributed by atoms with Crippen molar-refractivity contribution in [2.75, 3.05) is 24.6 Å². The van der Waals surface area contributed by atoms with Gasteiger partial charge in [-0.2, -0.15) is 18.3 Å². The number of halogens is 4. The SMILES string of the molecule is CCn1cc(-c2cc(Cn3ccnc3C)cc3c2OC[C@@H](Cc2ccc(F)c(N4CC(NC(=O)O)C4)n2)[C@H]3O)c(C(F)(F)F)n1. The molecule has 1 fully saturated rings. The Labute approximate surface area is 255 Å². The first-order chi connectivity index (χ1) is 21.4. The number of alkyl halides is 3. The smallest absolute Gasteiger partial charge is 0.435 e. The average Bonchev–Trinajstić information content (AvgIpc) is 3.59. The van der Waals surface area contributed by atoms with Crippen LogP contribution in [0.5, 0.6) is 5.75 Å². The number of hydrogen-bond acceptors (Lipinski definition) is 7. The van der Waals surface area contributed by atoms with Gasteiger partial charge in [-0.25, -0.2) is 19.2 Å². The van der Waals surface area contributed by atoms with E-state index in [1.807, 2.05) is 11.5 Å². The molecule has 45 heavy (non-hydrogen) atoms. The summed E-state index contributed by atoms with van der Waals surface area (Å²) in [5.41, 5.74) is 0.431. The lowest BCUT2D eigenvalue weighted by atomic mass is 9.86. The summed E-state index contributed by atoms with van der Waals surface area (Å²) in [5.74, 6) is -0.161. The summed E-state index contributed by atoms with van der Waals surface area (Å²) >= 11 is 0. The summed E-state index contributed by atoms with van der Waals surface area (Å²) in [7, 11) is 0. The second-order valence-corrected chi connectivity index (χ2v) is 11.3. The van der Waals surface area contributed by atoms with E-state index < -0.39 is 35.8 Å². The molecule has 0 unspecified atom stereocenters. The maximum atomic E-state index is 14.7. The fourth-order valence-electron chi connectivity index (χ4n) is 5.84. The molecule has 2 atom stereocenters. The van der Waals surface area contributed by atoms with Crippen molar-refractivity contribution >= 4 is 11.9 Å². The van der Waals surface area contributed by atoms with Gasteiger partial charge in [-0.3, -0.25) is 4.68 Å². The Morgan fingerprint density at radius 3 is 2.64 bits per heavy atom. The number of carbonyl (C=O) groups is 1. The van der Waals surface area contributed by atoms with Crippen molar-refractivity contribution in [2.45, 2.75) is 51.7 Å². The quantitative estimate of drug-likeness (QED) is 0.245. The van der Waals surface area contributed by atoms with Gasteiger partial charge in [-0.05, 0) is 50.1 Å². The van der Waals surface area contributed by atoms with E-state index in [1.165, 1.54) is 23.0 Å². The summed E-state index contributed by atoms with van der Waals surface area (Å²) in [6.45, 7) is 4.53. The van der Waals surface area contributed by atoms with Gasteiger partial charge in [0.25, 0.3) is 0 Å². The highest BCUT2D eigenvalue weighted by molar-refractivity contribution is 5.75. The number of pyridine rings is 1. The maximum Gasteiger partial charge on any atom is 0.435 e. The van der Waals surface area contributed by atoms with Crippen LogP contribution in [-0.2, 0) is 25.7 Å². The van der Waals surface area contributed by atoms with Crippen molar-refractivity contribution in [1.82, 2.24) is 29.6 Å². The Morgan fingerprint density at radius 2 is 1.98 bits per heavy atom. The van der Waals surface area contributed by atoms with Crippen LogP contribution in [0.3, 0.4) is 0 Å². The van der Waals surface area contributed by atoms with Gasteiger partial charge in [-0.15, -0.1) is 0 Å². The van der Waals surface area contributed by atoms with Crippen molar-refractivity contribution in [2.24, 2.45) is 5.92 Å². The zero-order valence-corrected chi connectivity index (χ0v) is 24.4. The Kier molecular flexibility index (Phi) is 7.89. The minimum Gasteiger partial charge on any atom is -0.492 e. The molecule has 1 aromatic carbocycles. The van der Waals surface area contributed by atoms with E-state index in [-0.39, 0.29) is 61.4 Å². The summed E-state index contributed by atoms with van der Waals surface area (Å²) in [6, 6.07) is 5.80. The van der Waals surface area contributed by atoms with Crippen LogP contribution >= 0.6 is 0 Å². The van der Waals surface area contributed by atoms with Gasteiger partial charge in [0.2, 0.25) is 0 Å². The molecule has 2 aliphatic rings. The maximum absolute atomic E-state index is 14.7. The van der Waals surface area contributed by atoms with Crippen LogP contribution < -0.4 is 15.0 Å². The number of carboxylic acid groups (broad SMARTS) is 1. The first kappa shape index (κ1) is 30.4. The number of nitrogens with zero attached hydrogens (tertiary/aromatic N) is 6. The van der Waals surface area contributed by atoms with Gasteiger partial charge in [-0.1, -0.05) is 0 Å². The van der Waals surface area contributed by atoms with Crippen LogP contribution in [0.1, 0.15) is 41.4 Å². The molecule has 0 saturated carbocycles. The Morgan fingerprint density at radius 1 is 1.20 bits per heavy atom. The molecule has 238 valence electrons. The first-order valence-corrected chi connectivity index (χ1v) is 14.4. The van der Waals surface area contributed by atoms with E-state index >= 15 is 0 Å². The lowest BCUT2D eigenvalue weighted by molar-refractivity contribution is -0.141. The number of hydrogen-bond donors (Lipinski definition) is 3. The van der Waals surface area contributed by atoms with Crippen LogP contribution in [0.2, 0.25) is 0 Å². The van der Waals surface area contributed by atoms with Crippen LogP contribution in [0, 0.1) is 18.7 Å². The third-order valence-electron chi connectivity index (χ3n) is 8.17. The zero-order chi connectivity index (χ0) is 32.0. The summed E-state index contributed by atoms with van der Waals surface area (Å²) in [5, 5.41) is 26.7. The van der Waals surface area contributed by atoms with E-state index in [2.05, 4.69) is 20.4 Å². The number of imidazole rings is 1. The molecule has 0 bridgehead atoms. The number of benzene rings is 1. The predicted molar refractivity (Wildman–Crippen MR) is 153 cm³/mol. The van der Waals surface area contributed by atoms with Crippen LogP contribution in [0.25, 0.3) is 11.1 Å². The van der Waals surface area contributed by atoms with Crippen molar-refractivity contribution in [3.8, 4) is 16.9 Å². The molecule has 4 aromatic rings. The molecule has 3 aromatic heterocycles. The number of rotatable bonds is 8.